The highest BCUT2D eigenvalue weighted by Gasteiger charge is 2.36. The number of aliphatic hydroxyl groups is 1. The summed E-state index contributed by atoms with van der Waals surface area (Å²) in [6.45, 7) is 5.32. The Labute approximate surface area is 137 Å². The van der Waals surface area contributed by atoms with Crippen molar-refractivity contribution in [2.45, 2.75) is 57.1 Å². The lowest BCUT2D eigenvalue weighted by atomic mass is 9.82. The summed E-state index contributed by atoms with van der Waals surface area (Å²) in [4.78, 5) is 24.5. The Morgan fingerprint density at radius 2 is 2.17 bits per heavy atom. The number of hydrogen-bond acceptors (Lipinski definition) is 4. The van der Waals surface area contributed by atoms with E-state index in [-0.39, 0.29) is 18.4 Å². The van der Waals surface area contributed by atoms with Crippen LogP contribution in [0.1, 0.15) is 57.3 Å². The van der Waals surface area contributed by atoms with E-state index in [0.717, 1.165) is 51.1 Å². The predicted molar refractivity (Wildman–Crippen MR) is 87.8 cm³/mol. The number of aromatic amines is 1. The van der Waals surface area contributed by atoms with Crippen LogP contribution < -0.4 is 0 Å². The van der Waals surface area contributed by atoms with Crippen LogP contribution >= 0.6 is 0 Å². The molecule has 0 unspecified atom stereocenters. The van der Waals surface area contributed by atoms with Gasteiger partial charge in [-0.3, -0.25) is 9.69 Å². The Bertz CT molecular complexity index is 511. The predicted octanol–water partition coefficient (Wildman–Crippen LogP) is 1.70. The topological polar surface area (TPSA) is 72.5 Å². The van der Waals surface area contributed by atoms with Crippen LogP contribution in [0.2, 0.25) is 0 Å². The normalized spacial score (nSPS) is 25.5. The molecule has 0 bridgehead atoms. The fourth-order valence-electron chi connectivity index (χ4n) is 3.92. The van der Waals surface area contributed by atoms with Crippen LogP contribution in [0.25, 0.3) is 0 Å². The first-order valence-electron chi connectivity index (χ1n) is 8.85. The maximum Gasteiger partial charge on any atom is 0.225 e. The summed E-state index contributed by atoms with van der Waals surface area (Å²) in [5, 5.41) is 10.6. The van der Waals surface area contributed by atoms with Crippen molar-refractivity contribution in [2.24, 2.45) is 0 Å². The van der Waals surface area contributed by atoms with Gasteiger partial charge in [-0.2, -0.15) is 0 Å². The minimum absolute atomic E-state index is 0.0849. The minimum atomic E-state index is -0.780. The van der Waals surface area contributed by atoms with Crippen molar-refractivity contribution in [2.75, 3.05) is 26.2 Å². The van der Waals surface area contributed by atoms with E-state index in [0.29, 0.717) is 6.54 Å². The van der Waals surface area contributed by atoms with E-state index in [1.54, 1.807) is 6.20 Å². The molecule has 1 amide bonds. The lowest BCUT2D eigenvalue weighted by Gasteiger charge is -2.41. The molecule has 0 aromatic carbocycles. The highest BCUT2D eigenvalue weighted by molar-refractivity contribution is 5.77. The Balaban J connectivity index is 1.65. The summed E-state index contributed by atoms with van der Waals surface area (Å²) in [7, 11) is 0. The molecule has 1 aromatic heterocycles. The molecule has 0 spiro atoms. The number of H-pyrrole nitrogens is 1. The van der Waals surface area contributed by atoms with Gasteiger partial charge in [-0.15, -0.1) is 0 Å². The molecule has 1 aliphatic carbocycles. The number of amides is 1. The summed E-state index contributed by atoms with van der Waals surface area (Å²) >= 11 is 0. The number of likely N-dealkylation sites (N-methyl/N-ethyl adjacent to an activating group) is 1. The van der Waals surface area contributed by atoms with Crippen LogP contribution in [0, 0.1) is 0 Å². The van der Waals surface area contributed by atoms with Gasteiger partial charge in [0.25, 0.3) is 0 Å². The van der Waals surface area contributed by atoms with Crippen molar-refractivity contribution in [3.8, 4) is 0 Å². The van der Waals surface area contributed by atoms with E-state index in [2.05, 4.69) is 21.8 Å². The number of hydrogen-bond donors (Lipinski definition) is 2. The molecular formula is C17H28N4O2. The molecule has 1 atom stereocenters. The second-order valence-corrected chi connectivity index (χ2v) is 6.92. The standard InChI is InChI=1S/C17H28N4O2/c1-2-20-10-11-21(13-14(20)16-18-8-9-19-16)15(22)12-17(23)6-4-3-5-7-17/h8-9,14,23H,2-7,10-13H2,1H3,(H,18,19)/t14-/m0/s1. The molecule has 1 saturated carbocycles. The van der Waals surface area contributed by atoms with E-state index in [4.69, 9.17) is 0 Å². The maximum absolute atomic E-state index is 12.7. The van der Waals surface area contributed by atoms with Gasteiger partial charge in [0.1, 0.15) is 5.82 Å². The molecule has 128 valence electrons. The lowest BCUT2D eigenvalue weighted by molar-refractivity contribution is -0.141. The Kier molecular flexibility index (Phi) is 5.02. The van der Waals surface area contributed by atoms with Crippen molar-refractivity contribution in [3.63, 3.8) is 0 Å². The zero-order chi connectivity index (χ0) is 16.3. The first kappa shape index (κ1) is 16.5. The van der Waals surface area contributed by atoms with Crippen molar-refractivity contribution < 1.29 is 9.90 Å². The second kappa shape index (κ2) is 7.01. The first-order chi connectivity index (χ1) is 11.1. The number of piperazine rings is 1. The van der Waals surface area contributed by atoms with Crippen molar-refractivity contribution in [1.29, 1.82) is 0 Å². The average Bonchev–Trinajstić information content (AvgIpc) is 3.08. The van der Waals surface area contributed by atoms with Gasteiger partial charge in [-0.05, 0) is 19.4 Å². The monoisotopic (exact) mass is 320 g/mol. The van der Waals surface area contributed by atoms with Gasteiger partial charge >= 0.3 is 0 Å². The van der Waals surface area contributed by atoms with Crippen LogP contribution in [0.5, 0.6) is 0 Å². The maximum atomic E-state index is 12.7. The molecule has 23 heavy (non-hydrogen) atoms. The molecule has 2 fully saturated rings. The van der Waals surface area contributed by atoms with Crippen LogP contribution in [-0.4, -0.2) is 62.6 Å². The molecule has 0 radical (unpaired) electrons. The van der Waals surface area contributed by atoms with Gasteiger partial charge in [0.05, 0.1) is 18.1 Å². The molecule has 1 aromatic rings. The summed E-state index contributed by atoms with van der Waals surface area (Å²) in [5.41, 5.74) is -0.780. The smallest absolute Gasteiger partial charge is 0.225 e. The zero-order valence-corrected chi connectivity index (χ0v) is 14.0. The Morgan fingerprint density at radius 1 is 1.39 bits per heavy atom. The zero-order valence-electron chi connectivity index (χ0n) is 14.0. The van der Waals surface area contributed by atoms with Gasteiger partial charge in [0.2, 0.25) is 5.91 Å². The van der Waals surface area contributed by atoms with Gasteiger partial charge in [-0.1, -0.05) is 26.2 Å². The third-order valence-electron chi connectivity index (χ3n) is 5.35. The number of rotatable bonds is 4. The first-order valence-corrected chi connectivity index (χ1v) is 8.85. The number of carbonyl (C=O) groups excluding carboxylic acids is 1. The highest BCUT2D eigenvalue weighted by Crippen LogP contribution is 2.32. The SMILES string of the molecule is CCN1CCN(C(=O)CC2(O)CCCCC2)C[C@H]1c1ncc[nH]1. The summed E-state index contributed by atoms with van der Waals surface area (Å²) in [6.07, 6.45) is 8.61. The van der Waals surface area contributed by atoms with Gasteiger partial charge in [0, 0.05) is 32.0 Å². The fraction of sp³-hybridized carbons (Fsp3) is 0.765. The molecule has 3 rings (SSSR count). The fourth-order valence-corrected chi connectivity index (χ4v) is 3.92. The summed E-state index contributed by atoms with van der Waals surface area (Å²) in [6, 6.07) is 0.119. The number of nitrogens with zero attached hydrogens (tertiary/aromatic N) is 3. The number of imidazole rings is 1. The number of aromatic nitrogens is 2. The van der Waals surface area contributed by atoms with E-state index in [1.807, 2.05) is 11.1 Å². The Hall–Kier alpha value is -1.40. The molecule has 1 aliphatic heterocycles. The van der Waals surface area contributed by atoms with Crippen LogP contribution in [0.15, 0.2) is 12.4 Å². The molecule has 6 nitrogen and oxygen atoms in total. The number of nitrogens with one attached hydrogen (secondary N) is 1. The Morgan fingerprint density at radius 3 is 2.83 bits per heavy atom. The third kappa shape index (κ3) is 3.75. The third-order valence-corrected chi connectivity index (χ3v) is 5.35. The summed E-state index contributed by atoms with van der Waals surface area (Å²) < 4.78 is 0. The lowest BCUT2D eigenvalue weighted by Crippen LogP contribution is -2.52. The highest BCUT2D eigenvalue weighted by atomic mass is 16.3. The van der Waals surface area contributed by atoms with E-state index in [9.17, 15) is 9.90 Å². The van der Waals surface area contributed by atoms with Crippen molar-refractivity contribution >= 4 is 5.91 Å². The number of carbonyl (C=O) groups is 1. The summed E-state index contributed by atoms with van der Waals surface area (Å²) in [5.74, 6) is 1.00. The van der Waals surface area contributed by atoms with Gasteiger partial charge in [-0.25, -0.2) is 4.98 Å². The van der Waals surface area contributed by atoms with Crippen LogP contribution in [0.3, 0.4) is 0 Å². The van der Waals surface area contributed by atoms with E-state index in [1.165, 1.54) is 6.42 Å². The second-order valence-electron chi connectivity index (χ2n) is 6.92. The molecule has 2 N–H and O–H groups in total. The molecular weight excluding hydrogens is 292 g/mol. The minimum Gasteiger partial charge on any atom is -0.389 e. The average molecular weight is 320 g/mol. The van der Waals surface area contributed by atoms with Gasteiger partial charge in [0.15, 0.2) is 0 Å². The molecule has 1 saturated heterocycles. The van der Waals surface area contributed by atoms with Crippen molar-refractivity contribution in [3.05, 3.63) is 18.2 Å². The van der Waals surface area contributed by atoms with E-state index < -0.39 is 5.60 Å². The molecule has 6 heteroatoms. The van der Waals surface area contributed by atoms with Crippen LogP contribution in [0.4, 0.5) is 0 Å². The van der Waals surface area contributed by atoms with Gasteiger partial charge < -0.3 is 15.0 Å². The molecule has 2 aliphatic rings. The van der Waals surface area contributed by atoms with Crippen LogP contribution in [-0.2, 0) is 4.79 Å². The molecule has 2 heterocycles. The largest absolute Gasteiger partial charge is 0.389 e. The van der Waals surface area contributed by atoms with Crippen molar-refractivity contribution in [1.82, 2.24) is 19.8 Å². The van der Waals surface area contributed by atoms with E-state index >= 15 is 0 Å². The quantitative estimate of drug-likeness (QED) is 0.886.